The van der Waals surface area contributed by atoms with Crippen molar-refractivity contribution in [2.75, 3.05) is 0 Å². The first-order valence-electron chi connectivity index (χ1n) is 12.2. The summed E-state index contributed by atoms with van der Waals surface area (Å²) in [6.07, 6.45) is 7.46. The van der Waals surface area contributed by atoms with Gasteiger partial charge in [-0.1, -0.05) is 65.8 Å². The van der Waals surface area contributed by atoms with Gasteiger partial charge in [-0.25, -0.2) is 0 Å². The van der Waals surface area contributed by atoms with E-state index in [0.29, 0.717) is 11.8 Å². The van der Waals surface area contributed by atoms with Crippen molar-refractivity contribution >= 4 is 22.9 Å². The smallest absolute Gasteiger partial charge is 0.665 e. The molecule has 0 saturated heterocycles. The van der Waals surface area contributed by atoms with Gasteiger partial charge in [0.2, 0.25) is 0 Å². The molecular formula is C28H38MnN2O2. The Morgan fingerprint density at radius 2 is 1.09 bits per heavy atom. The molecule has 0 heterocycles. The number of ketones is 2. The molecular weight excluding hydrogens is 451 g/mol. The van der Waals surface area contributed by atoms with E-state index in [1.807, 2.05) is 24.3 Å². The first kappa shape index (κ1) is 27.4. The molecule has 2 fully saturated rings. The zero-order valence-corrected chi connectivity index (χ0v) is 22.0. The van der Waals surface area contributed by atoms with Crippen LogP contribution in [0.25, 0.3) is 10.6 Å². The largest absolute Gasteiger partial charge is 2.00 e. The van der Waals surface area contributed by atoms with Crippen LogP contribution < -0.4 is 0 Å². The van der Waals surface area contributed by atoms with Crippen LogP contribution in [0.15, 0.2) is 47.8 Å². The van der Waals surface area contributed by atoms with Gasteiger partial charge in [0.1, 0.15) is 0 Å². The number of carbonyl (C=O) groups is 2. The average molecular weight is 490 g/mol. The number of hydrogen-bond donors (Lipinski definition) is 0. The zero-order chi connectivity index (χ0) is 23.4. The normalized spacial score (nSPS) is 28.4. The summed E-state index contributed by atoms with van der Waals surface area (Å²) in [6, 6.07) is 7.68. The van der Waals surface area contributed by atoms with E-state index in [-0.39, 0.29) is 52.3 Å². The average Bonchev–Trinajstić information content (AvgIpc) is 2.73. The predicted molar refractivity (Wildman–Crippen MR) is 132 cm³/mol. The van der Waals surface area contributed by atoms with Crippen molar-refractivity contribution in [1.29, 1.82) is 0 Å². The second-order valence-electron chi connectivity index (χ2n) is 10.3. The zero-order valence-electron chi connectivity index (χ0n) is 20.8. The molecule has 0 N–H and O–H groups in total. The molecule has 0 aliphatic heterocycles. The molecule has 5 heteroatoms. The standard InChI is InChI=1S/C28H40N2O2.Mn/c1-17(2)21-13-11-19(5)23(27(21)31)15-29-25-9-7-8-10-26(25)30-16-24-20(6)12-14-22(18(3)4)28(24)32;/h7-10,15-22H,11-14H2,1-6H3,(H2,29,30,31,32);/q;+2/p-2. The Balaban J connectivity index is 0.00000385. The molecule has 1 aromatic rings. The van der Waals surface area contributed by atoms with Crippen LogP contribution in [0, 0.1) is 35.5 Å². The number of allylic oxidation sites excluding steroid dienone is 2. The fourth-order valence-corrected chi connectivity index (χ4v) is 4.96. The SMILES string of the molecule is CC1CCC(C(C)C)C(=O)C1=C[N-]c1ccccc1[N-]C=C1C(=O)C(C(C)C)CCC1C.[Mn+2]. The van der Waals surface area contributed by atoms with Crippen molar-refractivity contribution in [3.8, 4) is 0 Å². The third-order valence-corrected chi connectivity index (χ3v) is 7.30. The van der Waals surface area contributed by atoms with Gasteiger partial charge < -0.3 is 10.6 Å². The summed E-state index contributed by atoms with van der Waals surface area (Å²) in [6.45, 7) is 12.7. The van der Waals surface area contributed by atoms with E-state index in [9.17, 15) is 9.59 Å². The van der Waals surface area contributed by atoms with Gasteiger partial charge in [0.15, 0.2) is 11.6 Å². The summed E-state index contributed by atoms with van der Waals surface area (Å²) in [4.78, 5) is 25.9. The van der Waals surface area contributed by atoms with E-state index in [1.165, 1.54) is 0 Å². The molecule has 4 nitrogen and oxygen atoms in total. The van der Waals surface area contributed by atoms with Gasteiger partial charge in [0.05, 0.1) is 0 Å². The Kier molecular flexibility index (Phi) is 9.99. The molecule has 33 heavy (non-hydrogen) atoms. The maximum absolute atomic E-state index is 13.0. The topological polar surface area (TPSA) is 62.3 Å². The second kappa shape index (κ2) is 12.0. The first-order valence-corrected chi connectivity index (χ1v) is 12.2. The molecule has 179 valence electrons. The molecule has 2 aliphatic carbocycles. The summed E-state index contributed by atoms with van der Waals surface area (Å²) < 4.78 is 0. The minimum Gasteiger partial charge on any atom is -0.665 e. The summed E-state index contributed by atoms with van der Waals surface area (Å²) in [7, 11) is 0. The van der Waals surface area contributed by atoms with E-state index < -0.39 is 0 Å². The maximum Gasteiger partial charge on any atom is 2.00 e. The Hall–Kier alpha value is -1.84. The molecule has 2 aliphatic rings. The maximum atomic E-state index is 13.0. The minimum absolute atomic E-state index is 0. The van der Waals surface area contributed by atoms with Crippen LogP contribution in [0.3, 0.4) is 0 Å². The van der Waals surface area contributed by atoms with Crippen LogP contribution in [0.1, 0.15) is 67.2 Å². The molecule has 4 atom stereocenters. The van der Waals surface area contributed by atoms with E-state index in [1.54, 1.807) is 12.4 Å². The van der Waals surface area contributed by atoms with E-state index in [2.05, 4.69) is 52.2 Å². The molecule has 0 amide bonds. The number of para-hydroxylation sites is 2. The van der Waals surface area contributed by atoms with Crippen LogP contribution in [-0.4, -0.2) is 11.6 Å². The van der Waals surface area contributed by atoms with Gasteiger partial charge >= 0.3 is 17.1 Å². The molecule has 1 radical (unpaired) electrons. The Morgan fingerprint density at radius 1 is 0.727 bits per heavy atom. The number of nitrogens with zero attached hydrogens (tertiary/aromatic N) is 2. The molecule has 0 bridgehead atoms. The molecule has 3 rings (SSSR count). The van der Waals surface area contributed by atoms with Crippen molar-refractivity contribution in [2.45, 2.75) is 67.2 Å². The van der Waals surface area contributed by atoms with Crippen molar-refractivity contribution in [2.24, 2.45) is 35.5 Å². The fourth-order valence-electron chi connectivity index (χ4n) is 4.96. The molecule has 4 unspecified atom stereocenters. The Labute approximate surface area is 210 Å². The van der Waals surface area contributed by atoms with Crippen LogP contribution in [-0.2, 0) is 26.7 Å². The summed E-state index contributed by atoms with van der Waals surface area (Å²) >= 11 is 0. The number of Topliss-reactive ketones (excluding diaryl/α,β-unsaturated/α-hetero) is 2. The van der Waals surface area contributed by atoms with Crippen molar-refractivity contribution in [1.82, 2.24) is 0 Å². The van der Waals surface area contributed by atoms with Gasteiger partial charge in [-0.2, -0.15) is 23.8 Å². The van der Waals surface area contributed by atoms with Crippen molar-refractivity contribution in [3.05, 3.63) is 58.4 Å². The van der Waals surface area contributed by atoms with Gasteiger partial charge in [-0.15, -0.1) is 0 Å². The summed E-state index contributed by atoms with van der Waals surface area (Å²) in [5.74, 6) is 1.78. The van der Waals surface area contributed by atoms with Gasteiger partial charge in [0.25, 0.3) is 0 Å². The number of rotatable bonds is 6. The molecule has 0 spiro atoms. The molecule has 2 saturated carbocycles. The summed E-state index contributed by atoms with van der Waals surface area (Å²) in [5, 5.41) is 9.36. The quantitative estimate of drug-likeness (QED) is 0.300. The fraction of sp³-hybridized carbons (Fsp3) is 0.571. The van der Waals surface area contributed by atoms with Crippen LogP contribution in [0.2, 0.25) is 0 Å². The van der Waals surface area contributed by atoms with Crippen molar-refractivity contribution < 1.29 is 26.7 Å². The third-order valence-electron chi connectivity index (χ3n) is 7.30. The minimum atomic E-state index is 0. The Bertz CT molecular complexity index is 830. The van der Waals surface area contributed by atoms with Gasteiger partial charge in [0, 0.05) is 11.8 Å². The predicted octanol–water partition coefficient (Wildman–Crippen LogP) is 8.00. The molecule has 0 aromatic heterocycles. The monoisotopic (exact) mass is 489 g/mol. The van der Waals surface area contributed by atoms with Gasteiger partial charge in [-0.3, -0.25) is 9.59 Å². The van der Waals surface area contributed by atoms with Crippen LogP contribution in [0.5, 0.6) is 0 Å². The number of hydrogen-bond acceptors (Lipinski definition) is 2. The molecule has 1 aromatic carbocycles. The number of carbonyl (C=O) groups excluding carboxylic acids is 2. The first-order chi connectivity index (χ1) is 15.2. The third kappa shape index (κ3) is 6.39. The van der Waals surface area contributed by atoms with E-state index in [0.717, 1.165) is 48.2 Å². The van der Waals surface area contributed by atoms with E-state index in [4.69, 9.17) is 0 Å². The van der Waals surface area contributed by atoms with Crippen LogP contribution >= 0.6 is 0 Å². The second-order valence-corrected chi connectivity index (χ2v) is 10.3. The van der Waals surface area contributed by atoms with Crippen LogP contribution in [0.4, 0.5) is 11.4 Å². The summed E-state index contributed by atoms with van der Waals surface area (Å²) in [5.41, 5.74) is 3.08. The van der Waals surface area contributed by atoms with E-state index >= 15 is 0 Å². The van der Waals surface area contributed by atoms with Crippen molar-refractivity contribution in [3.63, 3.8) is 0 Å². The Morgan fingerprint density at radius 3 is 1.42 bits per heavy atom. The number of benzene rings is 1. The van der Waals surface area contributed by atoms with Gasteiger partial charge in [-0.05, 0) is 60.5 Å².